The zero-order valence-electron chi connectivity index (χ0n) is 12.2. The Morgan fingerprint density at radius 2 is 2.05 bits per heavy atom. The summed E-state index contributed by atoms with van der Waals surface area (Å²) in [4.78, 5) is 12.9. The summed E-state index contributed by atoms with van der Waals surface area (Å²) < 4.78 is 5.42. The van der Waals surface area contributed by atoms with E-state index in [4.69, 9.17) is 10.5 Å². The molecule has 3 rings (SSSR count). The zero-order valence-corrected chi connectivity index (χ0v) is 12.2. The molecule has 0 saturated carbocycles. The fraction of sp³-hybridized carbons (Fsp3) is 0.714. The third-order valence-corrected chi connectivity index (χ3v) is 4.19. The number of β-amino-alcohol motifs (C(OH)–C–C–N with tert-alkyl or cyclic N) is 1. The summed E-state index contributed by atoms with van der Waals surface area (Å²) in [6, 6.07) is 2.18. The van der Waals surface area contributed by atoms with E-state index in [0.29, 0.717) is 30.9 Å². The van der Waals surface area contributed by atoms with Crippen molar-refractivity contribution in [2.45, 2.75) is 25.0 Å². The van der Waals surface area contributed by atoms with Gasteiger partial charge in [0.2, 0.25) is 5.95 Å². The second-order valence-electron chi connectivity index (χ2n) is 5.72. The van der Waals surface area contributed by atoms with E-state index in [0.717, 1.165) is 39.1 Å². The van der Waals surface area contributed by atoms with Crippen LogP contribution in [-0.2, 0) is 4.74 Å². The van der Waals surface area contributed by atoms with Gasteiger partial charge in [-0.3, -0.25) is 4.90 Å². The van der Waals surface area contributed by atoms with Crippen LogP contribution < -0.4 is 10.6 Å². The molecule has 2 saturated heterocycles. The highest BCUT2D eigenvalue weighted by molar-refractivity contribution is 5.38. The van der Waals surface area contributed by atoms with Gasteiger partial charge in [-0.2, -0.15) is 4.98 Å². The van der Waals surface area contributed by atoms with Crippen molar-refractivity contribution in [3.63, 3.8) is 0 Å². The summed E-state index contributed by atoms with van der Waals surface area (Å²) >= 11 is 0. The molecule has 116 valence electrons. The van der Waals surface area contributed by atoms with Crippen LogP contribution in [0.3, 0.4) is 0 Å². The van der Waals surface area contributed by atoms with Crippen LogP contribution in [0.4, 0.5) is 11.8 Å². The minimum Gasteiger partial charge on any atom is -0.390 e. The van der Waals surface area contributed by atoms with Gasteiger partial charge in [-0.25, -0.2) is 4.98 Å². The van der Waals surface area contributed by atoms with Gasteiger partial charge in [-0.15, -0.1) is 0 Å². The fourth-order valence-corrected chi connectivity index (χ4v) is 3.09. The van der Waals surface area contributed by atoms with Crippen LogP contribution in [0.2, 0.25) is 0 Å². The Kier molecular flexibility index (Phi) is 4.52. The highest BCUT2D eigenvalue weighted by atomic mass is 16.5. The first-order valence-corrected chi connectivity index (χ1v) is 7.55. The molecule has 7 heteroatoms. The summed E-state index contributed by atoms with van der Waals surface area (Å²) in [5.74, 6) is 1.06. The van der Waals surface area contributed by atoms with Crippen molar-refractivity contribution in [2.75, 3.05) is 50.0 Å². The van der Waals surface area contributed by atoms with Crippen LogP contribution >= 0.6 is 0 Å². The molecule has 2 fully saturated rings. The molecule has 7 nitrogen and oxygen atoms in total. The predicted molar refractivity (Wildman–Crippen MR) is 80.1 cm³/mol. The topological polar surface area (TPSA) is 87.7 Å². The average Bonchev–Trinajstić information content (AvgIpc) is 2.70. The van der Waals surface area contributed by atoms with E-state index in [1.807, 2.05) is 4.90 Å². The van der Waals surface area contributed by atoms with Crippen LogP contribution in [-0.4, -0.2) is 71.5 Å². The summed E-state index contributed by atoms with van der Waals surface area (Å²) in [6.07, 6.45) is 3.34. The van der Waals surface area contributed by atoms with E-state index < -0.39 is 6.10 Å². The number of ether oxygens (including phenoxy) is 1. The number of aromatic nitrogens is 2. The normalized spacial score (nSPS) is 25.8. The number of aliphatic hydroxyl groups is 1. The Bertz CT molecular complexity index is 466. The second kappa shape index (κ2) is 6.55. The van der Waals surface area contributed by atoms with Crippen molar-refractivity contribution in [3.8, 4) is 0 Å². The molecule has 1 aromatic heterocycles. The molecule has 2 aliphatic rings. The molecule has 3 N–H and O–H groups in total. The first kappa shape index (κ1) is 14.5. The van der Waals surface area contributed by atoms with Crippen LogP contribution in [0.25, 0.3) is 0 Å². The van der Waals surface area contributed by atoms with Crippen molar-refractivity contribution in [1.29, 1.82) is 0 Å². The van der Waals surface area contributed by atoms with Gasteiger partial charge >= 0.3 is 0 Å². The molecule has 0 unspecified atom stereocenters. The minimum atomic E-state index is -0.402. The number of hydrogen-bond donors (Lipinski definition) is 2. The third-order valence-electron chi connectivity index (χ3n) is 4.19. The number of hydrogen-bond acceptors (Lipinski definition) is 7. The lowest BCUT2D eigenvalue weighted by molar-refractivity contribution is 0.0219. The van der Waals surface area contributed by atoms with Gasteiger partial charge in [0.1, 0.15) is 5.82 Å². The Labute approximate surface area is 124 Å². The van der Waals surface area contributed by atoms with Crippen molar-refractivity contribution >= 4 is 11.8 Å². The molecule has 2 aliphatic heterocycles. The lowest BCUT2D eigenvalue weighted by atomic mass is 10.1. The number of aliphatic hydroxyl groups excluding tert-OH is 1. The molecule has 0 bridgehead atoms. The van der Waals surface area contributed by atoms with E-state index in [2.05, 4.69) is 14.9 Å². The van der Waals surface area contributed by atoms with Gasteiger partial charge in [-0.1, -0.05) is 0 Å². The van der Waals surface area contributed by atoms with E-state index in [1.165, 1.54) is 0 Å². The van der Waals surface area contributed by atoms with Crippen molar-refractivity contribution in [1.82, 2.24) is 14.9 Å². The quantitative estimate of drug-likeness (QED) is 0.775. The monoisotopic (exact) mass is 293 g/mol. The van der Waals surface area contributed by atoms with E-state index in [-0.39, 0.29) is 0 Å². The molecular formula is C14H23N5O2. The van der Waals surface area contributed by atoms with Gasteiger partial charge in [-0.05, 0) is 18.9 Å². The first-order chi connectivity index (χ1) is 10.2. The standard InChI is InChI=1S/C14H23N5O2/c15-13-1-4-16-14(17-13)19-6-5-18(9-12(20)10-19)11-2-7-21-8-3-11/h1,4,11-12,20H,2-3,5-10H2,(H2,15,16,17)/t12-/m0/s1. The van der Waals surface area contributed by atoms with Gasteiger partial charge in [0.05, 0.1) is 6.10 Å². The molecular weight excluding hydrogens is 270 g/mol. The van der Waals surface area contributed by atoms with Gasteiger partial charge in [0.15, 0.2) is 0 Å². The Morgan fingerprint density at radius 3 is 2.81 bits per heavy atom. The van der Waals surface area contributed by atoms with Crippen LogP contribution in [0.5, 0.6) is 0 Å². The Hall–Kier alpha value is -1.44. The van der Waals surface area contributed by atoms with Crippen LogP contribution in [0, 0.1) is 0 Å². The smallest absolute Gasteiger partial charge is 0.227 e. The zero-order chi connectivity index (χ0) is 14.7. The van der Waals surface area contributed by atoms with E-state index >= 15 is 0 Å². The number of anilines is 2. The van der Waals surface area contributed by atoms with Gasteiger partial charge < -0.3 is 20.5 Å². The molecule has 1 atom stereocenters. The van der Waals surface area contributed by atoms with Crippen molar-refractivity contribution < 1.29 is 9.84 Å². The number of rotatable bonds is 2. The number of nitrogens with zero attached hydrogens (tertiary/aromatic N) is 4. The highest BCUT2D eigenvalue weighted by Gasteiger charge is 2.28. The summed E-state index contributed by atoms with van der Waals surface area (Å²) in [5, 5.41) is 10.3. The summed E-state index contributed by atoms with van der Waals surface area (Å²) in [6.45, 7) is 4.59. The van der Waals surface area contributed by atoms with Crippen LogP contribution in [0.15, 0.2) is 12.3 Å². The molecule has 0 aliphatic carbocycles. The lowest BCUT2D eigenvalue weighted by Gasteiger charge is -2.33. The Balaban J connectivity index is 1.67. The highest BCUT2D eigenvalue weighted by Crippen LogP contribution is 2.18. The maximum Gasteiger partial charge on any atom is 0.227 e. The number of nitrogen functional groups attached to an aromatic ring is 1. The average molecular weight is 293 g/mol. The molecule has 0 aromatic carbocycles. The maximum atomic E-state index is 10.3. The largest absolute Gasteiger partial charge is 0.390 e. The molecule has 3 heterocycles. The Morgan fingerprint density at radius 1 is 1.24 bits per heavy atom. The van der Waals surface area contributed by atoms with E-state index in [9.17, 15) is 5.11 Å². The fourth-order valence-electron chi connectivity index (χ4n) is 3.09. The first-order valence-electron chi connectivity index (χ1n) is 7.55. The SMILES string of the molecule is Nc1ccnc(N2CCN(C3CCOCC3)C[C@H](O)C2)n1. The van der Waals surface area contributed by atoms with Gasteiger partial charge in [0.25, 0.3) is 0 Å². The summed E-state index contributed by atoms with van der Waals surface area (Å²) in [5.41, 5.74) is 5.72. The third kappa shape index (κ3) is 3.61. The molecule has 0 spiro atoms. The molecule has 0 radical (unpaired) electrons. The molecule has 1 aromatic rings. The van der Waals surface area contributed by atoms with Crippen LogP contribution in [0.1, 0.15) is 12.8 Å². The number of nitrogens with two attached hydrogens (primary N) is 1. The van der Waals surface area contributed by atoms with Crippen molar-refractivity contribution in [3.05, 3.63) is 12.3 Å². The molecule has 0 amide bonds. The van der Waals surface area contributed by atoms with E-state index in [1.54, 1.807) is 12.3 Å². The van der Waals surface area contributed by atoms with Gasteiger partial charge in [0, 0.05) is 51.6 Å². The lowest BCUT2D eigenvalue weighted by Crippen LogP contribution is -2.43. The minimum absolute atomic E-state index is 0.402. The molecule has 21 heavy (non-hydrogen) atoms. The second-order valence-corrected chi connectivity index (χ2v) is 5.72. The van der Waals surface area contributed by atoms with Crippen molar-refractivity contribution in [2.24, 2.45) is 0 Å². The predicted octanol–water partition coefficient (Wildman–Crippen LogP) is -0.279. The summed E-state index contributed by atoms with van der Waals surface area (Å²) in [7, 11) is 0. The maximum absolute atomic E-state index is 10.3.